The van der Waals surface area contributed by atoms with Crippen molar-refractivity contribution in [3.8, 4) is 0 Å². The molecular formula is C19H21N3O5S. The number of rotatable bonds is 8. The Balaban J connectivity index is 2.37. The van der Waals surface area contributed by atoms with Crippen LogP contribution in [0.5, 0.6) is 0 Å². The van der Waals surface area contributed by atoms with Crippen molar-refractivity contribution in [3.63, 3.8) is 0 Å². The fourth-order valence-electron chi connectivity index (χ4n) is 2.63. The van der Waals surface area contributed by atoms with Gasteiger partial charge in [-0.05, 0) is 32.2 Å². The van der Waals surface area contributed by atoms with Crippen LogP contribution in [0.1, 0.15) is 42.2 Å². The minimum Gasteiger partial charge on any atom is -0.463 e. The summed E-state index contributed by atoms with van der Waals surface area (Å²) in [6.07, 6.45) is 2.79. The summed E-state index contributed by atoms with van der Waals surface area (Å²) in [6.45, 7) is 3.41. The van der Waals surface area contributed by atoms with Gasteiger partial charge < -0.3 is 10.1 Å². The Morgan fingerprint density at radius 3 is 2.61 bits per heavy atom. The Labute approximate surface area is 166 Å². The molecule has 1 amide bonds. The van der Waals surface area contributed by atoms with Gasteiger partial charge in [-0.25, -0.2) is 4.98 Å². The zero-order valence-electron chi connectivity index (χ0n) is 15.7. The standard InChI is InChI=1S/C19H21N3O5S/c1-12(2)27-17(23)11-15(13-7-4-5-9-16(13)22(25)26)21-18(24)14-8-6-10-20-19(14)28-3/h4-10,12,15H,11H2,1-3H3,(H,21,24). The molecule has 1 aromatic carbocycles. The van der Waals surface area contributed by atoms with Crippen LogP contribution in [0.25, 0.3) is 0 Å². The zero-order chi connectivity index (χ0) is 20.7. The van der Waals surface area contributed by atoms with E-state index in [-0.39, 0.29) is 23.8 Å². The Kier molecular flexibility index (Phi) is 7.51. The van der Waals surface area contributed by atoms with Gasteiger partial charge in [-0.2, -0.15) is 0 Å². The maximum atomic E-state index is 12.8. The highest BCUT2D eigenvalue weighted by Gasteiger charge is 2.27. The quantitative estimate of drug-likeness (QED) is 0.311. The summed E-state index contributed by atoms with van der Waals surface area (Å²) in [7, 11) is 0. The molecule has 9 heteroatoms. The third-order valence-corrected chi connectivity index (χ3v) is 4.47. The van der Waals surface area contributed by atoms with E-state index >= 15 is 0 Å². The van der Waals surface area contributed by atoms with E-state index in [2.05, 4.69) is 10.3 Å². The fourth-order valence-corrected chi connectivity index (χ4v) is 3.17. The molecule has 0 aliphatic heterocycles. The lowest BCUT2D eigenvalue weighted by atomic mass is 10.0. The van der Waals surface area contributed by atoms with Crippen LogP contribution >= 0.6 is 11.8 Å². The first-order chi connectivity index (χ1) is 13.3. The number of hydrogen-bond acceptors (Lipinski definition) is 7. The van der Waals surface area contributed by atoms with Crippen molar-refractivity contribution in [2.45, 2.75) is 37.4 Å². The number of nitro groups is 1. The second-order valence-electron chi connectivity index (χ2n) is 6.14. The first-order valence-electron chi connectivity index (χ1n) is 8.56. The van der Waals surface area contributed by atoms with Crippen molar-refractivity contribution < 1.29 is 19.2 Å². The van der Waals surface area contributed by atoms with E-state index in [1.54, 1.807) is 44.5 Å². The summed E-state index contributed by atoms with van der Waals surface area (Å²) in [6, 6.07) is 8.31. The molecule has 0 aliphatic carbocycles. The van der Waals surface area contributed by atoms with Gasteiger partial charge in [-0.1, -0.05) is 18.2 Å². The van der Waals surface area contributed by atoms with Crippen LogP contribution in [0.2, 0.25) is 0 Å². The predicted molar refractivity (Wildman–Crippen MR) is 105 cm³/mol. The fraction of sp³-hybridized carbons (Fsp3) is 0.316. The van der Waals surface area contributed by atoms with Gasteiger partial charge in [0, 0.05) is 12.3 Å². The van der Waals surface area contributed by atoms with Crippen LogP contribution in [-0.2, 0) is 9.53 Å². The SMILES string of the molecule is CSc1ncccc1C(=O)NC(CC(=O)OC(C)C)c1ccccc1[N+](=O)[O-]. The van der Waals surface area contributed by atoms with E-state index in [0.717, 1.165) is 0 Å². The van der Waals surface area contributed by atoms with Crippen LogP contribution < -0.4 is 5.32 Å². The zero-order valence-corrected chi connectivity index (χ0v) is 16.6. The highest BCUT2D eigenvalue weighted by atomic mass is 32.2. The van der Waals surface area contributed by atoms with Gasteiger partial charge >= 0.3 is 5.97 Å². The Morgan fingerprint density at radius 2 is 1.96 bits per heavy atom. The highest BCUT2D eigenvalue weighted by molar-refractivity contribution is 7.98. The average molecular weight is 403 g/mol. The number of ether oxygens (including phenoxy) is 1. The van der Waals surface area contributed by atoms with Gasteiger partial charge in [-0.3, -0.25) is 19.7 Å². The minimum atomic E-state index is -0.921. The van der Waals surface area contributed by atoms with E-state index in [4.69, 9.17) is 4.74 Å². The Hall–Kier alpha value is -2.94. The second kappa shape index (κ2) is 9.84. The molecule has 1 unspecified atom stereocenters. The average Bonchev–Trinajstić information content (AvgIpc) is 2.66. The topological polar surface area (TPSA) is 111 Å². The van der Waals surface area contributed by atoms with E-state index in [9.17, 15) is 19.7 Å². The maximum Gasteiger partial charge on any atom is 0.308 e. The third-order valence-electron chi connectivity index (χ3n) is 3.76. The molecular weight excluding hydrogens is 382 g/mol. The molecule has 0 fully saturated rings. The van der Waals surface area contributed by atoms with Crippen molar-refractivity contribution >= 4 is 29.3 Å². The van der Waals surface area contributed by atoms with E-state index < -0.39 is 22.8 Å². The number of thioether (sulfide) groups is 1. The summed E-state index contributed by atoms with van der Waals surface area (Å²) >= 11 is 1.31. The molecule has 148 valence electrons. The second-order valence-corrected chi connectivity index (χ2v) is 6.94. The molecule has 0 saturated heterocycles. The van der Waals surface area contributed by atoms with Gasteiger partial charge in [-0.15, -0.1) is 11.8 Å². The lowest BCUT2D eigenvalue weighted by Gasteiger charge is -2.20. The number of nitrogens with one attached hydrogen (secondary N) is 1. The monoisotopic (exact) mass is 403 g/mol. The lowest BCUT2D eigenvalue weighted by molar-refractivity contribution is -0.385. The lowest BCUT2D eigenvalue weighted by Crippen LogP contribution is -2.32. The van der Waals surface area contributed by atoms with Crippen LogP contribution in [0.15, 0.2) is 47.6 Å². The first kappa shape index (κ1) is 21.4. The van der Waals surface area contributed by atoms with Crippen LogP contribution in [-0.4, -0.2) is 34.1 Å². The molecule has 1 aromatic heterocycles. The number of nitrogens with zero attached hydrogens (tertiary/aromatic N) is 2. The molecule has 1 N–H and O–H groups in total. The smallest absolute Gasteiger partial charge is 0.308 e. The van der Waals surface area contributed by atoms with Crippen molar-refractivity contribution in [1.82, 2.24) is 10.3 Å². The number of aromatic nitrogens is 1. The van der Waals surface area contributed by atoms with Gasteiger partial charge in [0.1, 0.15) is 5.03 Å². The van der Waals surface area contributed by atoms with E-state index in [1.807, 2.05) is 0 Å². The van der Waals surface area contributed by atoms with Crippen molar-refractivity contribution in [1.29, 1.82) is 0 Å². The molecule has 8 nitrogen and oxygen atoms in total. The van der Waals surface area contributed by atoms with Gasteiger partial charge in [0.25, 0.3) is 11.6 Å². The Bertz CT molecular complexity index is 872. The van der Waals surface area contributed by atoms with E-state index in [0.29, 0.717) is 10.6 Å². The number of carbonyl (C=O) groups excluding carboxylic acids is 2. The number of amides is 1. The molecule has 1 heterocycles. The molecule has 2 rings (SSSR count). The summed E-state index contributed by atoms with van der Waals surface area (Å²) in [5, 5.41) is 14.7. The van der Waals surface area contributed by atoms with Gasteiger partial charge in [0.15, 0.2) is 0 Å². The highest BCUT2D eigenvalue weighted by Crippen LogP contribution is 2.28. The van der Waals surface area contributed by atoms with Crippen molar-refractivity contribution in [3.05, 3.63) is 63.8 Å². The van der Waals surface area contributed by atoms with Crippen molar-refractivity contribution in [2.75, 3.05) is 6.26 Å². The molecule has 0 radical (unpaired) electrons. The summed E-state index contributed by atoms with van der Waals surface area (Å²) in [5.41, 5.74) is 0.383. The van der Waals surface area contributed by atoms with Crippen LogP contribution in [0, 0.1) is 10.1 Å². The normalized spacial score (nSPS) is 11.7. The number of para-hydroxylation sites is 1. The molecule has 0 spiro atoms. The number of esters is 1. The number of hydrogen-bond donors (Lipinski definition) is 1. The molecule has 1 atom stereocenters. The summed E-state index contributed by atoms with van der Waals surface area (Å²) < 4.78 is 5.16. The molecule has 2 aromatic rings. The van der Waals surface area contributed by atoms with Crippen LogP contribution in [0.4, 0.5) is 5.69 Å². The molecule has 0 aliphatic rings. The molecule has 0 saturated carbocycles. The number of pyridine rings is 1. The third kappa shape index (κ3) is 5.53. The largest absolute Gasteiger partial charge is 0.463 e. The maximum absolute atomic E-state index is 12.8. The first-order valence-corrected chi connectivity index (χ1v) is 9.78. The number of benzene rings is 1. The number of carbonyl (C=O) groups is 2. The number of nitro benzene ring substituents is 1. The minimum absolute atomic E-state index is 0.179. The van der Waals surface area contributed by atoms with Crippen LogP contribution in [0.3, 0.4) is 0 Å². The summed E-state index contributed by atoms with van der Waals surface area (Å²) in [5.74, 6) is -1.03. The predicted octanol–water partition coefficient (Wildman–Crippen LogP) is 3.52. The van der Waals surface area contributed by atoms with Gasteiger partial charge in [0.05, 0.1) is 34.6 Å². The molecule has 0 bridgehead atoms. The van der Waals surface area contributed by atoms with Crippen molar-refractivity contribution in [2.24, 2.45) is 0 Å². The molecule has 28 heavy (non-hydrogen) atoms. The van der Waals surface area contributed by atoms with Gasteiger partial charge in [0.2, 0.25) is 0 Å². The Morgan fingerprint density at radius 1 is 1.25 bits per heavy atom. The van der Waals surface area contributed by atoms with E-state index in [1.165, 1.54) is 30.0 Å². The summed E-state index contributed by atoms with van der Waals surface area (Å²) in [4.78, 5) is 40.0.